The Kier molecular flexibility index (Phi) is 17.0. The molecule has 1 atom stereocenters. The van der Waals surface area contributed by atoms with Crippen molar-refractivity contribution in [1.29, 1.82) is 0 Å². The number of benzene rings is 4. The summed E-state index contributed by atoms with van der Waals surface area (Å²) in [5, 5.41) is 25.5. The number of fused-ring (bicyclic) bond motifs is 6. The second-order valence-electron chi connectivity index (χ2n) is 17.7. The molecule has 0 aromatic heterocycles. The monoisotopic (exact) mass is 960 g/mol. The molecule has 4 aromatic carbocycles. The van der Waals surface area contributed by atoms with Crippen molar-refractivity contribution in [2.24, 2.45) is 0 Å². The summed E-state index contributed by atoms with van der Waals surface area (Å²) >= 11 is 13.9. The highest BCUT2D eigenvalue weighted by Gasteiger charge is 2.56. The van der Waals surface area contributed by atoms with Gasteiger partial charge in [0.05, 0.1) is 53.5 Å². The number of ketones is 1. The molecule has 3 aliphatic rings. The predicted octanol–water partition coefficient (Wildman–Crippen LogP) is 6.04. The molecule has 1 spiro atoms. The number of methoxy groups -OCH3 is 1. The van der Waals surface area contributed by atoms with Crippen LogP contribution in [-0.4, -0.2) is 131 Å². The Bertz CT molecular complexity index is 2410. The molecule has 360 valence electrons. The molecule has 67 heavy (non-hydrogen) atoms. The maximum atomic E-state index is 13.8. The Morgan fingerprint density at radius 2 is 1.46 bits per heavy atom. The fourth-order valence-corrected chi connectivity index (χ4v) is 9.20. The summed E-state index contributed by atoms with van der Waals surface area (Å²) in [4.78, 5) is 59.1. The Labute approximate surface area is 402 Å². The fraction of sp³-hybridized carbons (Fsp3) is 0.440. The van der Waals surface area contributed by atoms with Crippen LogP contribution in [0.25, 0.3) is 0 Å². The van der Waals surface area contributed by atoms with Gasteiger partial charge in [-0.15, -0.1) is 0 Å². The van der Waals surface area contributed by atoms with E-state index in [1.165, 1.54) is 6.07 Å². The molecule has 1 unspecified atom stereocenters. The fourth-order valence-electron chi connectivity index (χ4n) is 8.55. The first kappa shape index (κ1) is 51.1. The standard InChI is InChI=1S/C35H33Cl2N3O6.C15H29N3O3/c1-18-10-19(16-41)24(20(11-18)17-42)15-38-33(43)23-14-27(36)31-30(32(23)37)34(44)46-35(31)25-8-6-21(39(2)3)12-28(25)45-29-13-22(40(4)5)7-9-26(29)35;1-13(21-3)11-15(20)16-6-4-5-14(19)12-18-9-7-17(2)8-10-18/h6-14,41-42H,15-17H2,1-5H3,(H,38,43);13H,4-12H2,1-3H3,(H,16,20). The van der Waals surface area contributed by atoms with E-state index in [1.807, 2.05) is 88.2 Å². The summed E-state index contributed by atoms with van der Waals surface area (Å²) in [5.74, 6) is -0.0957. The molecular weight excluding hydrogens is 899 g/mol. The maximum Gasteiger partial charge on any atom is 0.341 e. The van der Waals surface area contributed by atoms with Crippen LogP contribution in [0, 0.1) is 6.92 Å². The number of aryl methyl sites for hydroxylation is 1. The molecule has 3 heterocycles. The second kappa shape index (κ2) is 22.2. The maximum absolute atomic E-state index is 13.8. The first-order valence-corrected chi connectivity index (χ1v) is 23.1. The van der Waals surface area contributed by atoms with E-state index in [0.717, 1.165) is 43.1 Å². The third-order valence-electron chi connectivity index (χ3n) is 12.4. The number of ether oxygens (including phenoxy) is 3. The van der Waals surface area contributed by atoms with Crippen molar-refractivity contribution in [2.45, 2.75) is 64.6 Å². The predicted molar refractivity (Wildman–Crippen MR) is 260 cm³/mol. The van der Waals surface area contributed by atoms with Crippen LogP contribution in [0.1, 0.15) is 85.8 Å². The van der Waals surface area contributed by atoms with E-state index in [-0.39, 0.29) is 58.7 Å². The van der Waals surface area contributed by atoms with Crippen LogP contribution in [0.2, 0.25) is 10.0 Å². The number of carbonyl (C=O) groups is 4. The molecule has 4 N–H and O–H groups in total. The first-order chi connectivity index (χ1) is 31.9. The average Bonchev–Trinajstić information content (AvgIpc) is 3.61. The highest BCUT2D eigenvalue weighted by molar-refractivity contribution is 6.39. The van der Waals surface area contributed by atoms with Gasteiger partial charge in [-0.2, -0.15) is 0 Å². The number of piperazine rings is 1. The zero-order valence-electron chi connectivity index (χ0n) is 39.6. The van der Waals surface area contributed by atoms with Crippen molar-refractivity contribution in [3.8, 4) is 11.5 Å². The number of aliphatic hydroxyl groups is 2. The minimum atomic E-state index is -1.49. The van der Waals surface area contributed by atoms with E-state index in [9.17, 15) is 29.4 Å². The van der Waals surface area contributed by atoms with Gasteiger partial charge < -0.3 is 49.8 Å². The van der Waals surface area contributed by atoms with Gasteiger partial charge in [-0.1, -0.05) is 40.9 Å². The van der Waals surface area contributed by atoms with Crippen molar-refractivity contribution in [2.75, 3.05) is 91.4 Å². The van der Waals surface area contributed by atoms with E-state index in [0.29, 0.717) is 77.2 Å². The van der Waals surface area contributed by atoms with Gasteiger partial charge in [-0.05, 0) is 74.3 Å². The van der Waals surface area contributed by atoms with Crippen molar-refractivity contribution in [3.63, 3.8) is 0 Å². The minimum Gasteiger partial charge on any atom is -0.456 e. The second-order valence-corrected chi connectivity index (χ2v) is 18.5. The number of nitrogens with one attached hydrogen (secondary N) is 2. The van der Waals surface area contributed by atoms with Crippen LogP contribution in [0.5, 0.6) is 11.5 Å². The summed E-state index contributed by atoms with van der Waals surface area (Å²) < 4.78 is 17.8. The molecule has 0 aliphatic carbocycles. The van der Waals surface area contributed by atoms with Crippen LogP contribution in [0.4, 0.5) is 11.4 Å². The first-order valence-electron chi connectivity index (χ1n) is 22.3. The van der Waals surface area contributed by atoms with Gasteiger partial charge in [0.2, 0.25) is 5.91 Å². The Hall–Kier alpha value is -5.26. The van der Waals surface area contributed by atoms with Gasteiger partial charge in [0.15, 0.2) is 5.60 Å². The lowest BCUT2D eigenvalue weighted by molar-refractivity contribution is -0.124. The van der Waals surface area contributed by atoms with Crippen LogP contribution in [0.15, 0.2) is 54.6 Å². The largest absolute Gasteiger partial charge is 0.456 e. The smallest absolute Gasteiger partial charge is 0.341 e. The normalized spacial score (nSPS) is 15.3. The third-order valence-corrected chi connectivity index (χ3v) is 13.1. The number of esters is 1. The van der Waals surface area contributed by atoms with Gasteiger partial charge in [-0.3, -0.25) is 19.3 Å². The van der Waals surface area contributed by atoms with Crippen LogP contribution in [-0.2, 0) is 44.4 Å². The van der Waals surface area contributed by atoms with E-state index < -0.39 is 17.5 Å². The average molecular weight is 962 g/mol. The van der Waals surface area contributed by atoms with E-state index >= 15 is 0 Å². The molecule has 0 saturated carbocycles. The van der Waals surface area contributed by atoms with Crippen LogP contribution >= 0.6 is 23.2 Å². The van der Waals surface area contributed by atoms with E-state index in [1.54, 1.807) is 19.2 Å². The molecule has 0 radical (unpaired) electrons. The van der Waals surface area contributed by atoms with Gasteiger partial charge >= 0.3 is 5.97 Å². The van der Waals surface area contributed by atoms with Crippen molar-refractivity contribution >= 4 is 58.1 Å². The minimum absolute atomic E-state index is 0.00478. The number of Topliss-reactive ketones (excluding diaryl/α,β-unsaturated/α-hetero) is 1. The number of anilines is 2. The van der Waals surface area contributed by atoms with Crippen LogP contribution < -0.4 is 25.2 Å². The number of carbonyl (C=O) groups excluding carboxylic acids is 4. The molecular formula is C50H62Cl2N6O9. The molecule has 15 nitrogen and oxygen atoms in total. The zero-order chi connectivity index (χ0) is 48.7. The summed E-state index contributed by atoms with van der Waals surface area (Å²) in [6.45, 7) is 8.28. The molecule has 7 rings (SSSR count). The lowest BCUT2D eigenvalue weighted by Gasteiger charge is -2.37. The molecule has 4 aromatic rings. The van der Waals surface area contributed by atoms with E-state index in [2.05, 4.69) is 27.5 Å². The number of halogens is 2. The van der Waals surface area contributed by atoms with Gasteiger partial charge in [0.25, 0.3) is 5.91 Å². The number of likely N-dealkylation sites (N-methyl/N-ethyl adjacent to an activating group) is 1. The van der Waals surface area contributed by atoms with E-state index in [4.69, 9.17) is 37.4 Å². The lowest BCUT2D eigenvalue weighted by Crippen LogP contribution is -2.46. The highest BCUT2D eigenvalue weighted by Crippen LogP contribution is 2.59. The Balaban J connectivity index is 0.000000297. The van der Waals surface area contributed by atoms with Crippen molar-refractivity contribution < 1.29 is 43.6 Å². The third kappa shape index (κ3) is 11.4. The summed E-state index contributed by atoms with van der Waals surface area (Å²) in [5.41, 5.74) is 4.34. The Morgan fingerprint density at radius 3 is 2.00 bits per heavy atom. The number of hydrogen-bond acceptors (Lipinski definition) is 13. The summed E-state index contributed by atoms with van der Waals surface area (Å²) in [7, 11) is 11.4. The molecule has 17 heteroatoms. The number of aliphatic hydroxyl groups excluding tert-OH is 2. The number of amides is 2. The van der Waals surface area contributed by atoms with Crippen molar-refractivity contribution in [3.05, 3.63) is 115 Å². The zero-order valence-corrected chi connectivity index (χ0v) is 41.1. The van der Waals surface area contributed by atoms with Gasteiger partial charge in [-0.25, -0.2) is 4.79 Å². The molecule has 1 saturated heterocycles. The number of hydrogen-bond donors (Lipinski definition) is 4. The SMILES string of the molecule is COC(C)CC(=O)NCCCC(=O)CN1CCN(C)CC1.Cc1cc(CO)c(CNC(=O)c2cc(Cl)c3c(c2Cl)C(=O)OC32c3ccc(N(C)C)cc3Oc3cc(N(C)C)ccc32)c(CO)c1. The highest BCUT2D eigenvalue weighted by atomic mass is 35.5. The summed E-state index contributed by atoms with van der Waals surface area (Å²) in [6.07, 6.45) is 1.54. The quantitative estimate of drug-likeness (QED) is 0.0758. The van der Waals surface area contributed by atoms with Gasteiger partial charge in [0, 0.05) is 121 Å². The Morgan fingerprint density at radius 1 is 0.881 bits per heavy atom. The van der Waals surface area contributed by atoms with Crippen LogP contribution in [0.3, 0.4) is 0 Å². The van der Waals surface area contributed by atoms with Crippen molar-refractivity contribution in [1.82, 2.24) is 20.4 Å². The molecule has 1 fully saturated rings. The van der Waals surface area contributed by atoms with Gasteiger partial charge in [0.1, 0.15) is 17.3 Å². The summed E-state index contributed by atoms with van der Waals surface area (Å²) in [6, 6.07) is 16.3. The number of rotatable bonds is 16. The molecule has 3 aliphatic heterocycles. The molecule has 2 amide bonds. The number of nitrogens with zero attached hydrogens (tertiary/aromatic N) is 4. The molecule has 0 bridgehead atoms. The topological polar surface area (TPSA) is 173 Å². The lowest BCUT2D eigenvalue weighted by atomic mass is 9.77.